The Balaban J connectivity index is 1.64. The molecule has 0 N–H and O–H groups in total. The second-order valence-electron chi connectivity index (χ2n) is 5.93. The molecule has 114 valence electrons. The molecule has 0 atom stereocenters. The van der Waals surface area contributed by atoms with Crippen LogP contribution in [0.1, 0.15) is 5.56 Å². The third-order valence-electron chi connectivity index (χ3n) is 4.57. The Morgan fingerprint density at radius 2 is 1.70 bits per heavy atom. The molecule has 0 fully saturated rings. The number of benzene rings is 2. The molecule has 0 bridgehead atoms. The minimum Gasteiger partial charge on any atom is -0.454 e. The van der Waals surface area contributed by atoms with Gasteiger partial charge in [-0.1, -0.05) is 23.7 Å². The molecule has 0 aliphatic carbocycles. The summed E-state index contributed by atoms with van der Waals surface area (Å²) in [7, 11) is 0. The Morgan fingerprint density at radius 3 is 2.52 bits per heavy atom. The lowest BCUT2D eigenvalue weighted by atomic mass is 9.97. The van der Waals surface area contributed by atoms with Gasteiger partial charge in [-0.05, 0) is 53.4 Å². The van der Waals surface area contributed by atoms with Crippen LogP contribution in [0.2, 0.25) is 5.02 Å². The minimum absolute atomic E-state index is 0.315. The number of rotatable bonds is 1. The SMILES string of the molecule is Clc1ccc(-c2cc3n(c2)CCc2cc4c(cc2-3)OCO4)cc1. The Kier molecular flexibility index (Phi) is 2.73. The summed E-state index contributed by atoms with van der Waals surface area (Å²) in [5, 5.41) is 0.760. The number of hydrogen-bond donors (Lipinski definition) is 0. The predicted molar refractivity (Wildman–Crippen MR) is 90.1 cm³/mol. The molecule has 1 aromatic heterocycles. The van der Waals surface area contributed by atoms with E-state index in [9.17, 15) is 0 Å². The molecule has 23 heavy (non-hydrogen) atoms. The van der Waals surface area contributed by atoms with Gasteiger partial charge in [-0.15, -0.1) is 0 Å². The molecule has 3 nitrogen and oxygen atoms in total. The van der Waals surface area contributed by atoms with Crippen LogP contribution in [0, 0.1) is 0 Å². The fourth-order valence-corrected chi connectivity index (χ4v) is 3.52. The molecule has 5 rings (SSSR count). The molecule has 0 saturated carbocycles. The van der Waals surface area contributed by atoms with Gasteiger partial charge in [-0.25, -0.2) is 0 Å². The summed E-state index contributed by atoms with van der Waals surface area (Å²) in [4.78, 5) is 0. The molecule has 3 aromatic rings. The fraction of sp³-hybridized carbons (Fsp3) is 0.158. The number of aromatic nitrogens is 1. The minimum atomic E-state index is 0.315. The highest BCUT2D eigenvalue weighted by Crippen LogP contribution is 2.42. The van der Waals surface area contributed by atoms with E-state index in [0.717, 1.165) is 29.5 Å². The molecule has 0 amide bonds. The zero-order valence-electron chi connectivity index (χ0n) is 12.4. The lowest BCUT2D eigenvalue weighted by Gasteiger charge is -2.19. The van der Waals surface area contributed by atoms with E-state index in [4.69, 9.17) is 21.1 Å². The summed E-state index contributed by atoms with van der Waals surface area (Å²) in [5.74, 6) is 1.70. The molecular weight excluding hydrogens is 310 g/mol. The zero-order valence-corrected chi connectivity index (χ0v) is 13.1. The summed E-state index contributed by atoms with van der Waals surface area (Å²) in [6.07, 6.45) is 3.22. The Bertz CT molecular complexity index is 912. The third-order valence-corrected chi connectivity index (χ3v) is 4.82. The van der Waals surface area contributed by atoms with Crippen molar-refractivity contribution >= 4 is 11.6 Å². The molecule has 3 heterocycles. The summed E-state index contributed by atoms with van der Waals surface area (Å²) in [5.41, 5.74) is 6.18. The van der Waals surface area contributed by atoms with Gasteiger partial charge in [-0.2, -0.15) is 0 Å². The second-order valence-corrected chi connectivity index (χ2v) is 6.36. The predicted octanol–water partition coefficient (Wildman–Crippen LogP) is 4.76. The van der Waals surface area contributed by atoms with E-state index in [0.29, 0.717) is 6.79 Å². The van der Waals surface area contributed by atoms with Gasteiger partial charge >= 0.3 is 0 Å². The van der Waals surface area contributed by atoms with Crippen LogP contribution in [0.4, 0.5) is 0 Å². The molecule has 0 radical (unpaired) electrons. The summed E-state index contributed by atoms with van der Waals surface area (Å²) >= 11 is 5.99. The first kappa shape index (κ1) is 13.1. The largest absolute Gasteiger partial charge is 0.454 e. The van der Waals surface area contributed by atoms with Crippen LogP contribution in [-0.2, 0) is 13.0 Å². The van der Waals surface area contributed by atoms with E-state index >= 15 is 0 Å². The number of nitrogens with zero attached hydrogens (tertiary/aromatic N) is 1. The van der Waals surface area contributed by atoms with Gasteiger partial charge < -0.3 is 14.0 Å². The Morgan fingerprint density at radius 1 is 0.913 bits per heavy atom. The maximum Gasteiger partial charge on any atom is 0.231 e. The van der Waals surface area contributed by atoms with Gasteiger partial charge in [0.15, 0.2) is 11.5 Å². The normalized spacial score (nSPS) is 14.5. The zero-order chi connectivity index (χ0) is 15.4. The number of halogens is 1. The van der Waals surface area contributed by atoms with Crippen LogP contribution in [0.5, 0.6) is 11.5 Å². The summed E-state index contributed by atoms with van der Waals surface area (Å²) in [6.45, 7) is 1.30. The number of aryl methyl sites for hydroxylation is 2. The summed E-state index contributed by atoms with van der Waals surface area (Å²) < 4.78 is 13.3. The highest BCUT2D eigenvalue weighted by Gasteiger charge is 2.23. The van der Waals surface area contributed by atoms with Crippen LogP contribution < -0.4 is 9.47 Å². The van der Waals surface area contributed by atoms with Crippen LogP contribution in [0.15, 0.2) is 48.7 Å². The molecule has 4 heteroatoms. The van der Waals surface area contributed by atoms with Crippen LogP contribution in [0.3, 0.4) is 0 Å². The van der Waals surface area contributed by atoms with Crippen LogP contribution in [-0.4, -0.2) is 11.4 Å². The molecule has 2 aliphatic heterocycles. The van der Waals surface area contributed by atoms with Crippen molar-refractivity contribution in [3.8, 4) is 33.9 Å². The van der Waals surface area contributed by atoms with Gasteiger partial charge in [0.25, 0.3) is 0 Å². The Labute approximate surface area is 139 Å². The van der Waals surface area contributed by atoms with E-state index in [1.165, 1.54) is 27.9 Å². The molecular formula is C19H14ClNO2. The van der Waals surface area contributed by atoms with E-state index in [1.807, 2.05) is 12.1 Å². The lowest BCUT2D eigenvalue weighted by molar-refractivity contribution is 0.174. The maximum atomic E-state index is 5.99. The van der Waals surface area contributed by atoms with Gasteiger partial charge in [0.05, 0.1) is 0 Å². The molecule has 0 unspecified atom stereocenters. The molecule has 2 aliphatic rings. The quantitative estimate of drug-likeness (QED) is 0.644. The van der Waals surface area contributed by atoms with Crippen LogP contribution in [0.25, 0.3) is 22.4 Å². The van der Waals surface area contributed by atoms with Crippen molar-refractivity contribution < 1.29 is 9.47 Å². The first-order valence-electron chi connectivity index (χ1n) is 7.67. The van der Waals surface area contributed by atoms with Crippen molar-refractivity contribution in [2.24, 2.45) is 0 Å². The Hall–Kier alpha value is -2.39. The standard InChI is InChI=1S/C19H14ClNO2/c20-15-3-1-12(2-4-15)14-7-17-16-9-19-18(22-11-23-19)8-13(16)5-6-21(17)10-14/h1-4,7-10H,5-6,11H2. The molecule has 0 spiro atoms. The van der Waals surface area contributed by atoms with Crippen molar-refractivity contribution in [2.45, 2.75) is 13.0 Å². The highest BCUT2D eigenvalue weighted by atomic mass is 35.5. The first-order valence-corrected chi connectivity index (χ1v) is 8.05. The van der Waals surface area contributed by atoms with Crippen molar-refractivity contribution in [1.82, 2.24) is 4.57 Å². The molecule has 2 aromatic carbocycles. The van der Waals surface area contributed by atoms with Crippen molar-refractivity contribution in [2.75, 3.05) is 6.79 Å². The van der Waals surface area contributed by atoms with E-state index in [2.05, 4.69) is 41.1 Å². The van der Waals surface area contributed by atoms with Gasteiger partial charge in [0.1, 0.15) is 0 Å². The second kappa shape index (κ2) is 4.80. The van der Waals surface area contributed by atoms with E-state index in [1.54, 1.807) is 0 Å². The summed E-state index contributed by atoms with van der Waals surface area (Å²) in [6, 6.07) is 14.4. The average Bonchev–Trinajstić information content (AvgIpc) is 3.19. The van der Waals surface area contributed by atoms with E-state index < -0.39 is 0 Å². The number of fused-ring (bicyclic) bond motifs is 4. The van der Waals surface area contributed by atoms with Crippen molar-refractivity contribution in [1.29, 1.82) is 0 Å². The van der Waals surface area contributed by atoms with Crippen molar-refractivity contribution in [3.05, 3.63) is 59.2 Å². The van der Waals surface area contributed by atoms with Gasteiger partial charge in [0.2, 0.25) is 6.79 Å². The number of hydrogen-bond acceptors (Lipinski definition) is 2. The first-order chi connectivity index (χ1) is 11.3. The topological polar surface area (TPSA) is 23.4 Å². The van der Waals surface area contributed by atoms with Gasteiger partial charge in [0, 0.05) is 29.0 Å². The van der Waals surface area contributed by atoms with E-state index in [-0.39, 0.29) is 0 Å². The molecule has 0 saturated heterocycles. The highest BCUT2D eigenvalue weighted by molar-refractivity contribution is 6.30. The van der Waals surface area contributed by atoms with Gasteiger partial charge in [-0.3, -0.25) is 0 Å². The maximum absolute atomic E-state index is 5.99. The fourth-order valence-electron chi connectivity index (χ4n) is 3.39. The third kappa shape index (κ3) is 2.04. The number of ether oxygens (including phenoxy) is 2. The lowest BCUT2D eigenvalue weighted by Crippen LogP contribution is -2.09. The smallest absolute Gasteiger partial charge is 0.231 e. The van der Waals surface area contributed by atoms with Crippen LogP contribution >= 0.6 is 11.6 Å². The van der Waals surface area contributed by atoms with Crippen molar-refractivity contribution in [3.63, 3.8) is 0 Å². The average molecular weight is 324 g/mol. The monoisotopic (exact) mass is 323 g/mol.